The Morgan fingerprint density at radius 3 is 1.65 bits per heavy atom. The Bertz CT molecular complexity index is 3210. The number of amides is 3. The first-order valence-corrected chi connectivity index (χ1v) is 31.1. The lowest BCUT2D eigenvalue weighted by Crippen LogP contribution is -2.58. The minimum Gasteiger partial charge on any atom is -0.444 e. The van der Waals surface area contributed by atoms with Crippen molar-refractivity contribution in [2.75, 3.05) is 86.8 Å². The van der Waals surface area contributed by atoms with Gasteiger partial charge in [0.05, 0.1) is 59.4 Å². The lowest BCUT2D eigenvalue weighted by molar-refractivity contribution is -0.133. The van der Waals surface area contributed by atoms with Gasteiger partial charge in [-0.2, -0.15) is 15.3 Å². The summed E-state index contributed by atoms with van der Waals surface area (Å²) in [6.45, 7) is 25.0. The number of carbonyl (C=O) groups is 3. The number of nitrogens with one attached hydrogen (secondary N) is 7. The Kier molecular flexibility index (Phi) is 19.3. The molecule has 4 fully saturated rings. The standard InChI is InChI=1S/C19H32N6O3Si.C16H15Cl2N7O.C8H10N6.C8H16N2O2/c1-19(2,3)28-18(26)24-10-14(11-24)23-16-15-9-22-25(17(15)21-12-20-16)13-27-7-8-29(4,5)6;17-9-1-10(18)3-11(2-9)19-5-14(26)25-6-12(7-25)23-15-13-4-22-24-16(13)21-8-20-15;1-5(2-9-1)13-7-6-3-12-14-8(6)11-4-10-7;1-8(2,3)12-7(11)10-4-6(9)5-10/h9,12,14H,7-8,10-11,13H2,1-6H3,(H,20,21,23);1-4,8,12,19H,5-7H2,(H2,20,21,22,23,24);3-5,9H,1-2H2,(H2,10,11,12,13,14);6H,4-5,9H2,1-3H3. The van der Waals surface area contributed by atoms with Gasteiger partial charge in [0.1, 0.15) is 54.4 Å². The van der Waals surface area contributed by atoms with E-state index in [9.17, 15) is 14.4 Å². The topological polar surface area (TPSA) is 327 Å². The largest absolute Gasteiger partial charge is 0.444 e. The van der Waals surface area contributed by atoms with E-state index in [-0.39, 0.29) is 42.8 Å². The van der Waals surface area contributed by atoms with Gasteiger partial charge in [0, 0.05) is 88.8 Å². The van der Waals surface area contributed by atoms with E-state index in [0.717, 1.165) is 70.5 Å². The second-order valence-corrected chi connectivity index (χ2v) is 29.7. The van der Waals surface area contributed by atoms with Crippen molar-refractivity contribution in [3.8, 4) is 0 Å². The molecule has 0 atom stereocenters. The van der Waals surface area contributed by atoms with Crippen LogP contribution in [0, 0.1) is 0 Å². The summed E-state index contributed by atoms with van der Waals surface area (Å²) in [6, 6.07) is 7.10. The highest BCUT2D eigenvalue weighted by atomic mass is 35.5. The molecular weight excluding hydrogens is 1100 g/mol. The first kappa shape index (κ1) is 59.9. The van der Waals surface area contributed by atoms with E-state index in [2.05, 4.69) is 102 Å². The van der Waals surface area contributed by atoms with E-state index in [4.69, 9.17) is 43.1 Å². The van der Waals surface area contributed by atoms with E-state index in [1.807, 2.05) is 41.5 Å². The number of likely N-dealkylation sites (tertiary alicyclic amines) is 3. The van der Waals surface area contributed by atoms with Gasteiger partial charge in [-0.15, -0.1) is 0 Å². The van der Waals surface area contributed by atoms with Gasteiger partial charge < -0.3 is 61.2 Å². The van der Waals surface area contributed by atoms with Gasteiger partial charge in [0.25, 0.3) is 0 Å². The molecule has 0 spiro atoms. The van der Waals surface area contributed by atoms with E-state index in [0.29, 0.717) is 73.6 Å². The summed E-state index contributed by atoms with van der Waals surface area (Å²) < 4.78 is 18.1. The van der Waals surface area contributed by atoms with Crippen LogP contribution in [0.4, 0.5) is 32.7 Å². The third-order valence-electron chi connectivity index (χ3n) is 12.6. The van der Waals surface area contributed by atoms with Gasteiger partial charge in [-0.1, -0.05) is 42.8 Å². The number of carbonyl (C=O) groups excluding carboxylic acids is 3. The molecule has 27 nitrogen and oxygen atoms in total. The summed E-state index contributed by atoms with van der Waals surface area (Å²) in [5, 5.41) is 37.9. The van der Waals surface area contributed by atoms with E-state index in [1.54, 1.807) is 56.2 Å². The van der Waals surface area contributed by atoms with Crippen LogP contribution in [0.1, 0.15) is 41.5 Å². The van der Waals surface area contributed by atoms with Crippen molar-refractivity contribution < 1.29 is 28.6 Å². The summed E-state index contributed by atoms with van der Waals surface area (Å²) in [6.07, 6.45) is 9.16. The molecule has 0 bridgehead atoms. The summed E-state index contributed by atoms with van der Waals surface area (Å²) in [7, 11) is -1.11. The Morgan fingerprint density at radius 2 is 1.16 bits per heavy atom. The number of benzene rings is 1. The molecule has 7 aromatic rings. The highest BCUT2D eigenvalue weighted by Crippen LogP contribution is 2.26. The molecule has 30 heteroatoms. The molecular formula is C51H73Cl2N21O6Si. The summed E-state index contributed by atoms with van der Waals surface area (Å²) in [5.41, 5.74) is 7.53. The van der Waals surface area contributed by atoms with Crippen molar-refractivity contribution in [1.82, 2.24) is 80.1 Å². The Morgan fingerprint density at radius 1 is 0.667 bits per heavy atom. The maximum atomic E-state index is 12.3. The Balaban J connectivity index is 0.000000150. The van der Waals surface area contributed by atoms with E-state index < -0.39 is 19.3 Å². The van der Waals surface area contributed by atoms with Crippen molar-refractivity contribution in [3.05, 3.63) is 65.8 Å². The van der Waals surface area contributed by atoms with Crippen LogP contribution in [0.15, 0.2) is 55.8 Å². The lowest BCUT2D eigenvalue weighted by atomic mass is 10.1. The third kappa shape index (κ3) is 17.4. The molecule has 4 aliphatic heterocycles. The van der Waals surface area contributed by atoms with Crippen LogP contribution in [0.5, 0.6) is 0 Å². The molecule has 3 amide bonds. The molecule has 11 rings (SSSR count). The number of ether oxygens (including phenoxy) is 3. The lowest BCUT2D eigenvalue weighted by Gasteiger charge is -2.40. The number of aromatic amines is 2. The maximum absolute atomic E-state index is 12.3. The molecule has 9 N–H and O–H groups in total. The fraction of sp³-hybridized carbons (Fsp3) is 0.529. The number of aromatic nitrogens is 12. The van der Waals surface area contributed by atoms with Gasteiger partial charge in [-0.3, -0.25) is 15.0 Å². The number of rotatable bonds is 14. The molecule has 0 unspecified atom stereocenters. The van der Waals surface area contributed by atoms with Crippen molar-refractivity contribution in [2.24, 2.45) is 5.73 Å². The molecule has 10 heterocycles. The van der Waals surface area contributed by atoms with Gasteiger partial charge >= 0.3 is 12.2 Å². The summed E-state index contributed by atoms with van der Waals surface area (Å²) in [4.78, 5) is 65.9. The highest BCUT2D eigenvalue weighted by molar-refractivity contribution is 6.76. The average Bonchev–Trinajstić information content (AvgIpc) is 4.35. The van der Waals surface area contributed by atoms with Crippen LogP contribution < -0.4 is 32.3 Å². The summed E-state index contributed by atoms with van der Waals surface area (Å²) >= 11 is 11.9. The van der Waals surface area contributed by atoms with E-state index in [1.165, 1.54) is 19.0 Å². The van der Waals surface area contributed by atoms with E-state index >= 15 is 0 Å². The van der Waals surface area contributed by atoms with Gasteiger partial charge in [-0.25, -0.2) is 44.2 Å². The predicted molar refractivity (Wildman–Crippen MR) is 313 cm³/mol. The first-order valence-electron chi connectivity index (χ1n) is 26.6. The number of anilines is 4. The number of fused-ring (bicyclic) bond motifs is 3. The van der Waals surface area contributed by atoms with Crippen LogP contribution in [0.25, 0.3) is 33.1 Å². The fourth-order valence-corrected chi connectivity index (χ4v) is 9.40. The number of hydrogen-bond acceptors (Lipinski definition) is 21. The highest BCUT2D eigenvalue weighted by Gasteiger charge is 2.35. The zero-order valence-corrected chi connectivity index (χ0v) is 49.6. The van der Waals surface area contributed by atoms with Crippen LogP contribution in [-0.4, -0.2) is 202 Å². The zero-order chi connectivity index (χ0) is 58.1. The van der Waals surface area contributed by atoms with Crippen molar-refractivity contribution in [2.45, 2.75) is 109 Å². The van der Waals surface area contributed by atoms with Crippen LogP contribution in [0.3, 0.4) is 0 Å². The van der Waals surface area contributed by atoms with Crippen molar-refractivity contribution in [3.63, 3.8) is 0 Å². The third-order valence-corrected chi connectivity index (χ3v) is 14.7. The molecule has 6 aromatic heterocycles. The average molecular weight is 1180 g/mol. The van der Waals surface area contributed by atoms with Gasteiger partial charge in [-0.05, 0) is 65.8 Å². The molecule has 0 aliphatic carbocycles. The van der Waals surface area contributed by atoms with Crippen molar-refractivity contribution >= 4 is 106 Å². The first-order chi connectivity index (χ1) is 38.4. The second-order valence-electron chi connectivity index (χ2n) is 23.2. The second kappa shape index (κ2) is 26.1. The molecule has 0 saturated carbocycles. The van der Waals surface area contributed by atoms with Crippen LogP contribution in [-0.2, 0) is 25.7 Å². The summed E-state index contributed by atoms with van der Waals surface area (Å²) in [5.74, 6) is 2.30. The van der Waals surface area contributed by atoms with Gasteiger partial charge in [0.2, 0.25) is 5.91 Å². The smallest absolute Gasteiger partial charge is 0.410 e. The fourth-order valence-electron chi connectivity index (χ4n) is 8.12. The SMILES string of the molecule is CC(C)(C)OC(=O)N1CC(N)C1.CC(C)(C)OC(=O)N1CC(Nc2ncnc3c2cnn3COCC[Si](C)(C)C)C1.O=C(CNc1cc(Cl)cc(Cl)c1)N1CC(Nc2ncnc3[nH]ncc23)C1.c1nc(NC2CNC2)c2cn[nH]c2n1. The number of halogens is 2. The zero-order valence-electron chi connectivity index (χ0n) is 47.1. The molecule has 4 aliphatic rings. The van der Waals surface area contributed by atoms with Gasteiger partial charge in [0.15, 0.2) is 16.9 Å². The molecule has 4 saturated heterocycles. The van der Waals surface area contributed by atoms with Crippen LogP contribution >= 0.6 is 23.2 Å². The number of hydrogen-bond donors (Lipinski definition) is 8. The Hall–Kier alpha value is -7.24. The number of nitrogens with zero attached hydrogens (tertiary/aromatic N) is 13. The normalized spacial score (nSPS) is 15.8. The number of H-pyrrole nitrogens is 2. The molecule has 0 radical (unpaired) electrons. The number of nitrogens with two attached hydrogens (primary N) is 1. The quantitative estimate of drug-likeness (QED) is 0.0466. The predicted octanol–water partition coefficient (Wildman–Crippen LogP) is 5.87. The minimum absolute atomic E-state index is 0.00953. The molecule has 436 valence electrons. The van der Waals surface area contributed by atoms with Crippen molar-refractivity contribution in [1.29, 1.82) is 0 Å². The Labute approximate surface area is 479 Å². The minimum atomic E-state index is -1.11. The molecule has 81 heavy (non-hydrogen) atoms. The molecule has 1 aromatic carbocycles. The maximum Gasteiger partial charge on any atom is 0.410 e. The van der Waals surface area contributed by atoms with Crippen LogP contribution in [0.2, 0.25) is 35.7 Å². The monoisotopic (exact) mass is 1170 g/mol.